The summed E-state index contributed by atoms with van der Waals surface area (Å²) >= 11 is 3.18. The van der Waals surface area contributed by atoms with Gasteiger partial charge in [0.15, 0.2) is 0 Å². The quantitative estimate of drug-likeness (QED) is 0.645. The average Bonchev–Trinajstić information content (AvgIpc) is 3.23. The molecule has 2 unspecified atom stereocenters. The molecule has 1 aromatic rings. The van der Waals surface area contributed by atoms with Crippen molar-refractivity contribution in [3.05, 3.63) is 22.4 Å². The normalized spacial score (nSPS) is 20.2. The number of hydrogen-bond acceptors (Lipinski definition) is 4. The van der Waals surface area contributed by atoms with Gasteiger partial charge < -0.3 is 10.2 Å². The van der Waals surface area contributed by atoms with Crippen LogP contribution in [0.4, 0.5) is 0 Å². The number of hydrogen-bond donors (Lipinski definition) is 1. The second-order valence-electron chi connectivity index (χ2n) is 6.97. The summed E-state index contributed by atoms with van der Waals surface area (Å²) < 4.78 is 0. The highest BCUT2D eigenvalue weighted by atomic mass is 32.2. The fraction of sp³-hybridized carbons (Fsp3) is 0.684. The van der Waals surface area contributed by atoms with E-state index in [9.17, 15) is 9.59 Å². The Kier molecular flexibility index (Phi) is 8.30. The Labute approximate surface area is 159 Å². The van der Waals surface area contributed by atoms with Crippen LogP contribution in [0.1, 0.15) is 62.5 Å². The van der Waals surface area contributed by atoms with Gasteiger partial charge in [0.2, 0.25) is 5.91 Å². The largest absolute Gasteiger partial charge is 0.354 e. The van der Waals surface area contributed by atoms with E-state index >= 15 is 0 Å². The molecule has 0 saturated carbocycles. The van der Waals surface area contributed by atoms with E-state index in [1.165, 1.54) is 24.2 Å². The van der Waals surface area contributed by atoms with Crippen LogP contribution < -0.4 is 5.32 Å². The maximum absolute atomic E-state index is 13.0. The van der Waals surface area contributed by atoms with E-state index in [2.05, 4.69) is 26.1 Å². The van der Waals surface area contributed by atoms with Crippen LogP contribution in [0.3, 0.4) is 0 Å². The van der Waals surface area contributed by atoms with Gasteiger partial charge in [0, 0.05) is 12.3 Å². The van der Waals surface area contributed by atoms with Crippen LogP contribution in [-0.2, 0) is 4.79 Å². The Morgan fingerprint density at radius 1 is 1.32 bits per heavy atom. The van der Waals surface area contributed by atoms with Gasteiger partial charge in [-0.2, -0.15) is 0 Å². The van der Waals surface area contributed by atoms with Crippen molar-refractivity contribution >= 4 is 34.9 Å². The molecule has 4 nitrogen and oxygen atoms in total. The lowest BCUT2D eigenvalue weighted by Crippen LogP contribution is -2.50. The fourth-order valence-corrected chi connectivity index (χ4v) is 5.34. The van der Waals surface area contributed by atoms with Crippen molar-refractivity contribution in [2.45, 2.75) is 64.3 Å². The number of carbonyl (C=O) groups is 2. The Morgan fingerprint density at radius 2 is 2.12 bits per heavy atom. The van der Waals surface area contributed by atoms with E-state index < -0.39 is 0 Å². The molecule has 1 saturated heterocycles. The average molecular weight is 383 g/mol. The second-order valence-corrected chi connectivity index (χ2v) is 9.13. The summed E-state index contributed by atoms with van der Waals surface area (Å²) in [7, 11) is 0. The Morgan fingerprint density at radius 3 is 2.76 bits per heavy atom. The number of amides is 2. The highest BCUT2D eigenvalue weighted by Gasteiger charge is 2.42. The highest BCUT2D eigenvalue weighted by Crippen LogP contribution is 2.35. The molecule has 0 radical (unpaired) electrons. The first-order chi connectivity index (χ1) is 12.0. The predicted octanol–water partition coefficient (Wildman–Crippen LogP) is 4.37. The molecule has 2 amide bonds. The molecule has 0 aliphatic carbocycles. The summed E-state index contributed by atoms with van der Waals surface area (Å²) in [5.74, 6) is 1.18. The molecule has 1 aromatic heterocycles. The molecular formula is C19H30N2O2S2. The number of thioether (sulfide) groups is 1. The molecule has 2 atom stereocenters. The van der Waals surface area contributed by atoms with Crippen LogP contribution in [0.25, 0.3) is 0 Å². The van der Waals surface area contributed by atoms with E-state index in [-0.39, 0.29) is 23.2 Å². The summed E-state index contributed by atoms with van der Waals surface area (Å²) in [6.45, 7) is 7.21. The molecule has 6 heteroatoms. The number of nitrogens with zero attached hydrogens (tertiary/aromatic N) is 1. The molecule has 25 heavy (non-hydrogen) atoms. The first kappa shape index (κ1) is 20.3. The molecule has 0 spiro atoms. The molecule has 1 aliphatic rings. The molecule has 140 valence electrons. The second kappa shape index (κ2) is 10.2. The van der Waals surface area contributed by atoms with Crippen LogP contribution in [-0.4, -0.2) is 40.4 Å². The number of thiophene rings is 1. The van der Waals surface area contributed by atoms with Gasteiger partial charge in [-0.15, -0.1) is 23.1 Å². The van der Waals surface area contributed by atoms with Gasteiger partial charge in [0.05, 0.1) is 10.3 Å². The van der Waals surface area contributed by atoms with Crippen LogP contribution >= 0.6 is 23.1 Å². The fourth-order valence-electron chi connectivity index (χ4n) is 3.03. The summed E-state index contributed by atoms with van der Waals surface area (Å²) in [6, 6.07) is 3.39. The highest BCUT2D eigenvalue weighted by molar-refractivity contribution is 8.00. The number of rotatable bonds is 9. The Bertz CT molecular complexity index is 546. The SMILES string of the molecule is CCCCCCNC(=O)C1CSC(CC(C)C)N1C(=O)c1cccs1. The van der Waals surface area contributed by atoms with Crippen molar-refractivity contribution in [1.82, 2.24) is 10.2 Å². The number of carbonyl (C=O) groups excluding carboxylic acids is 2. The van der Waals surface area contributed by atoms with E-state index in [0.29, 0.717) is 18.2 Å². The molecule has 2 rings (SSSR count). The summed E-state index contributed by atoms with van der Waals surface area (Å²) in [5.41, 5.74) is 0. The van der Waals surface area contributed by atoms with Gasteiger partial charge in [0.1, 0.15) is 6.04 Å². The van der Waals surface area contributed by atoms with Crippen molar-refractivity contribution in [2.75, 3.05) is 12.3 Å². The van der Waals surface area contributed by atoms with Crippen molar-refractivity contribution in [3.63, 3.8) is 0 Å². The van der Waals surface area contributed by atoms with E-state index in [1.54, 1.807) is 11.8 Å². The zero-order chi connectivity index (χ0) is 18.2. The standard InChI is InChI=1S/C19H30N2O2S2/c1-4-5-6-7-10-20-18(22)15-13-25-17(12-14(2)3)21(15)19(23)16-9-8-11-24-16/h8-9,11,14-15,17H,4-7,10,12-13H2,1-3H3,(H,20,22). The van der Waals surface area contributed by atoms with Gasteiger partial charge in [-0.3, -0.25) is 9.59 Å². The molecular weight excluding hydrogens is 352 g/mol. The molecule has 0 bridgehead atoms. The van der Waals surface area contributed by atoms with Gasteiger partial charge in [0.25, 0.3) is 5.91 Å². The van der Waals surface area contributed by atoms with Crippen molar-refractivity contribution < 1.29 is 9.59 Å². The molecule has 2 heterocycles. The van der Waals surface area contributed by atoms with Crippen molar-refractivity contribution in [2.24, 2.45) is 5.92 Å². The number of unbranched alkanes of at least 4 members (excludes halogenated alkanes) is 3. The van der Waals surface area contributed by atoms with Gasteiger partial charge >= 0.3 is 0 Å². The van der Waals surface area contributed by atoms with Crippen molar-refractivity contribution in [3.8, 4) is 0 Å². The Hall–Kier alpha value is -1.01. The third kappa shape index (κ3) is 5.74. The van der Waals surface area contributed by atoms with Crippen LogP contribution in [0, 0.1) is 5.92 Å². The third-order valence-electron chi connectivity index (χ3n) is 4.36. The van der Waals surface area contributed by atoms with E-state index in [0.717, 1.165) is 24.1 Å². The van der Waals surface area contributed by atoms with Crippen LogP contribution in [0.5, 0.6) is 0 Å². The van der Waals surface area contributed by atoms with Crippen LogP contribution in [0.2, 0.25) is 0 Å². The zero-order valence-electron chi connectivity index (χ0n) is 15.5. The van der Waals surface area contributed by atoms with Gasteiger partial charge in [-0.25, -0.2) is 0 Å². The minimum atomic E-state index is -0.352. The summed E-state index contributed by atoms with van der Waals surface area (Å²) in [5, 5.41) is 5.05. The lowest BCUT2D eigenvalue weighted by molar-refractivity contribution is -0.124. The Balaban J connectivity index is 2.02. The molecule has 1 N–H and O–H groups in total. The molecule has 0 aromatic carbocycles. The molecule has 1 fully saturated rings. The maximum atomic E-state index is 13.0. The van der Waals surface area contributed by atoms with E-state index in [1.807, 2.05) is 22.4 Å². The number of nitrogens with one attached hydrogen (secondary N) is 1. The first-order valence-electron chi connectivity index (χ1n) is 9.30. The zero-order valence-corrected chi connectivity index (χ0v) is 17.1. The lowest BCUT2D eigenvalue weighted by Gasteiger charge is -2.29. The topological polar surface area (TPSA) is 49.4 Å². The predicted molar refractivity (Wildman–Crippen MR) is 107 cm³/mol. The molecule has 1 aliphatic heterocycles. The van der Waals surface area contributed by atoms with Gasteiger partial charge in [-0.1, -0.05) is 46.1 Å². The smallest absolute Gasteiger partial charge is 0.265 e. The van der Waals surface area contributed by atoms with Crippen LogP contribution in [0.15, 0.2) is 17.5 Å². The third-order valence-corrected chi connectivity index (χ3v) is 6.53. The first-order valence-corrected chi connectivity index (χ1v) is 11.2. The van der Waals surface area contributed by atoms with E-state index in [4.69, 9.17) is 0 Å². The monoisotopic (exact) mass is 382 g/mol. The lowest BCUT2D eigenvalue weighted by atomic mass is 10.1. The summed E-state index contributed by atoms with van der Waals surface area (Å²) in [4.78, 5) is 28.2. The minimum absolute atomic E-state index is 0.000149. The van der Waals surface area contributed by atoms with Crippen molar-refractivity contribution in [1.29, 1.82) is 0 Å². The summed E-state index contributed by atoms with van der Waals surface area (Å²) in [6.07, 6.45) is 5.46. The van der Waals surface area contributed by atoms with Gasteiger partial charge in [-0.05, 0) is 30.2 Å². The minimum Gasteiger partial charge on any atom is -0.354 e. The maximum Gasteiger partial charge on any atom is 0.265 e.